The zero-order valence-electron chi connectivity index (χ0n) is 1.74. The molecule has 0 amide bonds. The van der Waals surface area contributed by atoms with Crippen molar-refractivity contribution in [2.24, 2.45) is 0 Å². The molecule has 0 atom stereocenters. The molecule has 0 fully saturated rings. The summed E-state index contributed by atoms with van der Waals surface area (Å²) in [7, 11) is 0. The average molecular weight is 104 g/mol. The first-order chi connectivity index (χ1) is 1.41. The van der Waals surface area contributed by atoms with E-state index in [0.717, 1.165) is 0 Å². The van der Waals surface area contributed by atoms with Crippen LogP contribution in [-0.4, -0.2) is 0 Å². The van der Waals surface area contributed by atoms with Gasteiger partial charge in [-0.2, -0.15) is 0 Å². The Kier molecular flexibility index (Phi) is 21.4. The molecule has 0 N–H and O–H groups in total. The third-order valence-electron chi connectivity index (χ3n) is 0. The van der Waals surface area contributed by atoms with Crippen LogP contribution in [0, 0.1) is 6.13 Å². The molecule has 0 unspecified atom stereocenters. The van der Waals surface area contributed by atoms with E-state index < -0.39 is 0 Å². The van der Waals surface area contributed by atoms with Gasteiger partial charge in [0.15, 0.2) is 0 Å². The van der Waals surface area contributed by atoms with Crippen molar-refractivity contribution >= 4 is 24.0 Å². The first-order valence-electron chi connectivity index (χ1n) is 0.436. The monoisotopic (exact) mass is 103 g/mol. The van der Waals surface area contributed by atoms with E-state index in [0.29, 0.717) is 0 Å². The third kappa shape index (κ3) is 22.0. The summed E-state index contributed by atoms with van der Waals surface area (Å²) < 4.78 is 9.93. The summed E-state index contributed by atoms with van der Waals surface area (Å²) in [5.74, 6) is 0. The van der Waals surface area contributed by atoms with Crippen LogP contribution in [0.25, 0.3) is 0 Å². The van der Waals surface area contributed by atoms with Gasteiger partial charge in [0, 0.05) is 0 Å². The van der Waals surface area contributed by atoms with Crippen molar-refractivity contribution in [2.75, 3.05) is 0 Å². The predicted octanol–water partition coefficient (Wildman–Crippen LogP) is 1.74. The van der Waals surface area contributed by atoms with E-state index in [4.69, 9.17) is 0 Å². The molecule has 0 aromatic carbocycles. The third-order valence-corrected chi connectivity index (χ3v) is 0. The Morgan fingerprint density at radius 2 is 1.75 bits per heavy atom. The first-order valence-corrected chi connectivity index (χ1v) is 0.873. The molecule has 0 aromatic heterocycles. The SMILES string of the molecule is Cl.F[CH]Cl. The lowest BCUT2D eigenvalue weighted by molar-refractivity contribution is 0.685. The standard InChI is InChI=1S/CHClF.ClH/c2-1-3;/h1H;1H. The number of hydrogen-bond donors (Lipinski definition) is 0. The van der Waals surface area contributed by atoms with Crippen LogP contribution in [0.2, 0.25) is 0 Å². The van der Waals surface area contributed by atoms with Crippen LogP contribution in [0.5, 0.6) is 0 Å². The fraction of sp³-hybridized carbons (Fsp3) is 0. The minimum Gasteiger partial charge on any atom is -0.225 e. The van der Waals surface area contributed by atoms with E-state index in [1.807, 2.05) is 0 Å². The Balaban J connectivity index is 0. The van der Waals surface area contributed by atoms with Crippen molar-refractivity contribution in [2.45, 2.75) is 0 Å². The average Bonchev–Trinajstić information content (AvgIpc) is 0.918. The maximum absolute atomic E-state index is 9.93. The summed E-state index contributed by atoms with van der Waals surface area (Å²) in [5.41, 5.74) is 0. The number of rotatable bonds is 0. The Morgan fingerprint density at radius 1 is 1.75 bits per heavy atom. The summed E-state index contributed by atoms with van der Waals surface area (Å²) in [6, 6.07) is 0. The van der Waals surface area contributed by atoms with Crippen LogP contribution in [0.3, 0.4) is 0 Å². The maximum Gasteiger partial charge on any atom is 0.218 e. The summed E-state index contributed by atoms with van der Waals surface area (Å²) in [6.45, 7) is 0. The normalized spacial score (nSPS) is 4.50. The van der Waals surface area contributed by atoms with E-state index in [9.17, 15) is 4.39 Å². The molecule has 0 saturated heterocycles. The van der Waals surface area contributed by atoms with Crippen molar-refractivity contribution < 1.29 is 4.39 Å². The van der Waals surface area contributed by atoms with E-state index in [1.165, 1.54) is 0 Å². The molecule has 0 aliphatic carbocycles. The second kappa shape index (κ2) is 9.70. The maximum atomic E-state index is 9.93. The van der Waals surface area contributed by atoms with Crippen molar-refractivity contribution in [1.82, 2.24) is 0 Å². The molecule has 0 aliphatic rings. The van der Waals surface area contributed by atoms with Crippen LogP contribution in [0.1, 0.15) is 0 Å². The zero-order valence-corrected chi connectivity index (χ0v) is 3.31. The quantitative estimate of drug-likeness (QED) is 0.439. The van der Waals surface area contributed by atoms with Crippen LogP contribution in [-0.2, 0) is 0 Å². The fourth-order valence-corrected chi connectivity index (χ4v) is 0. The predicted molar refractivity (Wildman–Crippen MR) is 18.5 cm³/mol. The fourth-order valence-electron chi connectivity index (χ4n) is 0. The van der Waals surface area contributed by atoms with Crippen LogP contribution >= 0.6 is 24.0 Å². The van der Waals surface area contributed by atoms with Gasteiger partial charge in [-0.05, 0) is 0 Å². The minimum absolute atomic E-state index is 0. The first kappa shape index (κ1) is 8.82. The molecule has 0 saturated carbocycles. The highest BCUT2D eigenvalue weighted by atomic mass is 35.5. The Hall–Kier alpha value is 0.510. The van der Waals surface area contributed by atoms with Gasteiger partial charge < -0.3 is 0 Å². The van der Waals surface area contributed by atoms with Crippen LogP contribution < -0.4 is 0 Å². The van der Waals surface area contributed by atoms with E-state index in [2.05, 4.69) is 11.6 Å². The van der Waals surface area contributed by atoms with Gasteiger partial charge in [0.1, 0.15) is 0 Å². The van der Waals surface area contributed by atoms with Gasteiger partial charge in [-0.15, -0.1) is 12.4 Å². The molecule has 0 bridgehead atoms. The summed E-state index contributed by atoms with van der Waals surface area (Å²) in [5, 5.41) is 0. The van der Waals surface area contributed by atoms with Crippen molar-refractivity contribution in [3.05, 3.63) is 6.13 Å². The highest BCUT2D eigenvalue weighted by molar-refractivity contribution is 6.21. The second-order valence-electron chi connectivity index (χ2n) is 0.0825. The Bertz CT molecular complexity index is 6.00. The van der Waals surface area contributed by atoms with Crippen LogP contribution in [0.15, 0.2) is 0 Å². The van der Waals surface area contributed by atoms with Gasteiger partial charge in [0.05, 0.1) is 0 Å². The molecule has 3 heteroatoms. The van der Waals surface area contributed by atoms with E-state index in [-0.39, 0.29) is 18.5 Å². The molecule has 0 aliphatic heterocycles. The summed E-state index contributed by atoms with van der Waals surface area (Å²) in [6.07, 6.45) is -0.0278. The molecule has 0 heterocycles. The molecule has 27 valence electrons. The van der Waals surface area contributed by atoms with Gasteiger partial charge in [0.2, 0.25) is 6.13 Å². The molecule has 0 rings (SSSR count). The molecule has 1 radical (unpaired) electrons. The van der Waals surface area contributed by atoms with Crippen molar-refractivity contribution in [1.29, 1.82) is 0 Å². The molecule has 4 heavy (non-hydrogen) atoms. The number of hydrogen-bond acceptors (Lipinski definition) is 0. The van der Waals surface area contributed by atoms with Gasteiger partial charge in [0.25, 0.3) is 0 Å². The molecular weight excluding hydrogens is 102 g/mol. The van der Waals surface area contributed by atoms with Gasteiger partial charge in [-0.1, -0.05) is 11.6 Å². The van der Waals surface area contributed by atoms with Crippen molar-refractivity contribution in [3.63, 3.8) is 0 Å². The lowest BCUT2D eigenvalue weighted by atomic mass is 11.8. The topological polar surface area (TPSA) is 0 Å². The van der Waals surface area contributed by atoms with Gasteiger partial charge in [-0.25, -0.2) is 4.39 Å². The molecule has 0 nitrogen and oxygen atoms in total. The molecule has 0 spiro atoms. The Morgan fingerprint density at radius 3 is 1.75 bits per heavy atom. The summed E-state index contributed by atoms with van der Waals surface area (Å²) in [4.78, 5) is 0. The second-order valence-corrected chi connectivity index (χ2v) is 0.247. The van der Waals surface area contributed by atoms with E-state index in [1.54, 1.807) is 0 Å². The Labute approximate surface area is 35.4 Å². The minimum atomic E-state index is -0.0278. The lowest BCUT2D eigenvalue weighted by Gasteiger charge is -1.40. The highest BCUT2D eigenvalue weighted by Gasteiger charge is 1.46. The van der Waals surface area contributed by atoms with Crippen molar-refractivity contribution in [3.8, 4) is 0 Å². The smallest absolute Gasteiger partial charge is 0.218 e. The highest BCUT2D eigenvalue weighted by Crippen LogP contribution is 1.76. The summed E-state index contributed by atoms with van der Waals surface area (Å²) >= 11 is 4.21. The zero-order chi connectivity index (χ0) is 2.71. The molecule has 0 aromatic rings. The van der Waals surface area contributed by atoms with Crippen LogP contribution in [0.4, 0.5) is 4.39 Å². The number of halogens is 3. The lowest BCUT2D eigenvalue weighted by Crippen LogP contribution is -1.12. The van der Waals surface area contributed by atoms with Gasteiger partial charge >= 0.3 is 0 Å². The molecular formula is CH2Cl2F. The largest absolute Gasteiger partial charge is 0.225 e. The van der Waals surface area contributed by atoms with E-state index >= 15 is 0 Å². The van der Waals surface area contributed by atoms with Gasteiger partial charge in [-0.3, -0.25) is 0 Å².